The third kappa shape index (κ3) is 3.01. The van der Waals surface area contributed by atoms with Crippen molar-refractivity contribution in [3.05, 3.63) is 42.0 Å². The molecule has 0 aromatic carbocycles. The van der Waals surface area contributed by atoms with Gasteiger partial charge in [-0.3, -0.25) is 4.79 Å². The molecule has 1 atom stereocenters. The first-order valence-electron chi connectivity index (χ1n) is 7.52. The van der Waals surface area contributed by atoms with Gasteiger partial charge in [0.2, 0.25) is 5.91 Å². The summed E-state index contributed by atoms with van der Waals surface area (Å²) in [6.07, 6.45) is 7.01. The molecule has 21 heavy (non-hydrogen) atoms. The predicted molar refractivity (Wildman–Crippen MR) is 78.7 cm³/mol. The van der Waals surface area contributed by atoms with Crippen LogP contribution in [0, 0.1) is 0 Å². The van der Waals surface area contributed by atoms with Crippen LogP contribution in [0.15, 0.2) is 35.1 Å². The zero-order valence-corrected chi connectivity index (χ0v) is 12.5. The van der Waals surface area contributed by atoms with Crippen molar-refractivity contribution in [1.82, 2.24) is 14.6 Å². The van der Waals surface area contributed by atoms with Crippen molar-refractivity contribution in [3.8, 4) is 0 Å². The monoisotopic (exact) mass is 287 g/mol. The number of hydrogen-bond acceptors (Lipinski definition) is 3. The average Bonchev–Trinajstić information content (AvgIpc) is 3.00. The second kappa shape index (κ2) is 5.76. The second-order valence-electron chi connectivity index (χ2n) is 5.74. The van der Waals surface area contributed by atoms with E-state index in [2.05, 4.69) is 5.16 Å². The summed E-state index contributed by atoms with van der Waals surface area (Å²) < 4.78 is 7.29. The minimum Gasteiger partial charge on any atom is -0.361 e. The van der Waals surface area contributed by atoms with Gasteiger partial charge >= 0.3 is 0 Å². The van der Waals surface area contributed by atoms with Gasteiger partial charge < -0.3 is 14.0 Å². The van der Waals surface area contributed by atoms with Crippen LogP contribution in [0.25, 0.3) is 0 Å². The lowest BCUT2D eigenvalue weighted by atomic mass is 10.2. The molecule has 0 radical (unpaired) electrons. The molecular formula is C16H21N3O2. The molecule has 0 bridgehead atoms. The molecule has 0 unspecified atom stereocenters. The van der Waals surface area contributed by atoms with Gasteiger partial charge in [0.15, 0.2) is 0 Å². The third-order valence-electron chi connectivity index (χ3n) is 3.99. The van der Waals surface area contributed by atoms with Crippen LogP contribution in [0.1, 0.15) is 49.6 Å². The lowest BCUT2D eigenvalue weighted by Gasteiger charge is -2.23. The Bertz CT molecular complexity index is 599. The topological polar surface area (TPSA) is 51.3 Å². The van der Waals surface area contributed by atoms with Crippen molar-refractivity contribution in [3.63, 3.8) is 0 Å². The maximum absolute atomic E-state index is 12.6. The van der Waals surface area contributed by atoms with Crippen molar-refractivity contribution in [2.75, 3.05) is 7.05 Å². The minimum absolute atomic E-state index is 0.102. The Balaban J connectivity index is 1.65. The van der Waals surface area contributed by atoms with Gasteiger partial charge in [-0.05, 0) is 31.4 Å². The van der Waals surface area contributed by atoms with E-state index in [1.807, 2.05) is 49.1 Å². The van der Waals surface area contributed by atoms with E-state index in [0.29, 0.717) is 12.5 Å². The summed E-state index contributed by atoms with van der Waals surface area (Å²) in [5, 5.41) is 4.07. The largest absolute Gasteiger partial charge is 0.361 e. The summed E-state index contributed by atoms with van der Waals surface area (Å²) in [5.41, 5.74) is 0.829. The zero-order chi connectivity index (χ0) is 14.8. The van der Waals surface area contributed by atoms with Gasteiger partial charge in [-0.2, -0.15) is 0 Å². The van der Waals surface area contributed by atoms with Crippen molar-refractivity contribution >= 4 is 5.91 Å². The molecule has 1 amide bonds. The van der Waals surface area contributed by atoms with Crippen molar-refractivity contribution < 1.29 is 9.32 Å². The van der Waals surface area contributed by atoms with E-state index in [1.165, 1.54) is 12.8 Å². The van der Waals surface area contributed by atoms with Gasteiger partial charge in [0.1, 0.15) is 17.5 Å². The molecular weight excluding hydrogens is 266 g/mol. The van der Waals surface area contributed by atoms with Crippen LogP contribution in [-0.4, -0.2) is 27.6 Å². The lowest BCUT2D eigenvalue weighted by Crippen LogP contribution is -2.33. The Labute approximate surface area is 124 Å². The number of hydrogen-bond donors (Lipinski definition) is 0. The number of rotatable bonds is 6. The molecule has 112 valence electrons. The molecule has 1 aliphatic carbocycles. The summed E-state index contributed by atoms with van der Waals surface area (Å²) in [5.74, 6) is 1.61. The molecule has 1 fully saturated rings. The molecule has 2 heterocycles. The van der Waals surface area contributed by atoms with E-state index in [4.69, 9.17) is 4.52 Å². The summed E-state index contributed by atoms with van der Waals surface area (Å²) in [6.45, 7) is 2.52. The Kier molecular flexibility index (Phi) is 3.82. The number of nitrogens with zero attached hydrogens (tertiary/aromatic N) is 3. The van der Waals surface area contributed by atoms with Gasteiger partial charge in [0.05, 0.1) is 6.54 Å². The SMILES string of the molecule is CC[C@H](C(=O)N(C)Cc1cc(C2CC2)on1)n1cccc1. The van der Waals surface area contributed by atoms with E-state index in [-0.39, 0.29) is 11.9 Å². The highest BCUT2D eigenvalue weighted by Crippen LogP contribution is 2.40. The van der Waals surface area contributed by atoms with Crippen molar-refractivity contribution in [2.24, 2.45) is 0 Å². The summed E-state index contributed by atoms with van der Waals surface area (Å²) in [4.78, 5) is 14.3. The van der Waals surface area contributed by atoms with E-state index >= 15 is 0 Å². The van der Waals surface area contributed by atoms with Gasteiger partial charge in [-0.25, -0.2) is 0 Å². The molecule has 0 aliphatic heterocycles. The molecule has 1 saturated carbocycles. The Morgan fingerprint density at radius 1 is 1.48 bits per heavy atom. The highest BCUT2D eigenvalue weighted by molar-refractivity contribution is 5.80. The number of likely N-dealkylation sites (N-methyl/N-ethyl adjacent to an activating group) is 1. The van der Waals surface area contributed by atoms with Crippen LogP contribution in [0.3, 0.4) is 0 Å². The minimum atomic E-state index is -0.153. The fourth-order valence-electron chi connectivity index (χ4n) is 2.61. The maximum Gasteiger partial charge on any atom is 0.245 e. The highest BCUT2D eigenvalue weighted by atomic mass is 16.5. The predicted octanol–water partition coefficient (Wildman–Crippen LogP) is 2.96. The van der Waals surface area contributed by atoms with Gasteiger partial charge in [0, 0.05) is 31.4 Å². The highest BCUT2D eigenvalue weighted by Gasteiger charge is 2.28. The molecule has 5 heteroatoms. The summed E-state index contributed by atoms with van der Waals surface area (Å²) in [6, 6.07) is 5.71. The van der Waals surface area contributed by atoms with E-state index < -0.39 is 0 Å². The standard InChI is InChI=1S/C16H21N3O2/c1-3-14(19-8-4-5-9-19)16(20)18(2)11-13-10-15(21-17-13)12-6-7-12/h4-5,8-10,12,14H,3,6-7,11H2,1-2H3/t14-/m1/s1. The smallest absolute Gasteiger partial charge is 0.245 e. The average molecular weight is 287 g/mol. The van der Waals surface area contributed by atoms with Crippen LogP contribution >= 0.6 is 0 Å². The lowest BCUT2D eigenvalue weighted by molar-refractivity contribution is -0.134. The first-order chi connectivity index (χ1) is 10.2. The maximum atomic E-state index is 12.6. The van der Waals surface area contributed by atoms with Crippen molar-refractivity contribution in [1.29, 1.82) is 0 Å². The summed E-state index contributed by atoms with van der Waals surface area (Å²) in [7, 11) is 1.82. The van der Waals surface area contributed by atoms with Crippen LogP contribution in [0.4, 0.5) is 0 Å². The fourth-order valence-corrected chi connectivity index (χ4v) is 2.61. The van der Waals surface area contributed by atoms with E-state index in [0.717, 1.165) is 17.9 Å². The molecule has 1 aliphatic rings. The third-order valence-corrected chi connectivity index (χ3v) is 3.99. The Morgan fingerprint density at radius 3 is 2.81 bits per heavy atom. The first kappa shape index (κ1) is 13.9. The number of amides is 1. The van der Waals surface area contributed by atoms with Gasteiger partial charge in [-0.15, -0.1) is 0 Å². The summed E-state index contributed by atoms with van der Waals surface area (Å²) >= 11 is 0. The van der Waals surface area contributed by atoms with E-state index in [9.17, 15) is 4.79 Å². The molecule has 0 saturated heterocycles. The van der Waals surface area contributed by atoms with Gasteiger partial charge in [0.25, 0.3) is 0 Å². The molecule has 5 nitrogen and oxygen atoms in total. The van der Waals surface area contributed by atoms with Crippen molar-refractivity contribution in [2.45, 2.75) is 44.7 Å². The number of aromatic nitrogens is 2. The molecule has 2 aromatic rings. The molecule has 3 rings (SSSR count). The van der Waals surface area contributed by atoms with Gasteiger partial charge in [-0.1, -0.05) is 12.1 Å². The second-order valence-corrected chi connectivity index (χ2v) is 5.74. The molecule has 2 aromatic heterocycles. The fraction of sp³-hybridized carbons (Fsp3) is 0.500. The molecule has 0 N–H and O–H groups in total. The van der Waals surface area contributed by atoms with Crippen LogP contribution in [-0.2, 0) is 11.3 Å². The van der Waals surface area contributed by atoms with Crippen LogP contribution < -0.4 is 0 Å². The number of carbonyl (C=O) groups excluding carboxylic acids is 1. The number of carbonyl (C=O) groups is 1. The Morgan fingerprint density at radius 2 is 2.19 bits per heavy atom. The normalized spacial score (nSPS) is 15.9. The Hall–Kier alpha value is -2.04. The molecule has 0 spiro atoms. The van der Waals surface area contributed by atoms with Crippen LogP contribution in [0.5, 0.6) is 0 Å². The van der Waals surface area contributed by atoms with Crippen LogP contribution in [0.2, 0.25) is 0 Å². The quantitative estimate of drug-likeness (QED) is 0.820. The zero-order valence-electron chi connectivity index (χ0n) is 12.5. The van der Waals surface area contributed by atoms with E-state index in [1.54, 1.807) is 4.90 Å². The first-order valence-corrected chi connectivity index (χ1v) is 7.52.